The van der Waals surface area contributed by atoms with Gasteiger partial charge in [0.2, 0.25) is 10.0 Å². The molecular weight excluding hydrogens is 367 g/mol. The minimum atomic E-state index is -4.42. The third kappa shape index (κ3) is 4.28. The molecule has 0 saturated carbocycles. The molecule has 0 N–H and O–H groups in total. The number of aryl methyl sites for hydroxylation is 1. The average molecular weight is 382 g/mol. The molecule has 5 nitrogen and oxygen atoms in total. The van der Waals surface area contributed by atoms with Gasteiger partial charge < -0.3 is 4.57 Å². The van der Waals surface area contributed by atoms with Crippen molar-refractivity contribution in [2.75, 3.05) is 7.05 Å². The second-order valence-corrected chi connectivity index (χ2v) is 7.71. The molecule has 1 aromatic carbocycles. The summed E-state index contributed by atoms with van der Waals surface area (Å²) in [5.74, 6) is 0.00464. The zero-order chi connectivity index (χ0) is 18.1. The number of halogens is 4. The molecule has 0 fully saturated rings. The Bertz CT molecular complexity index is 834. The van der Waals surface area contributed by atoms with Gasteiger partial charge >= 0.3 is 6.18 Å². The third-order valence-corrected chi connectivity index (χ3v) is 5.54. The predicted octanol–water partition coefficient (Wildman–Crippen LogP) is 3.23. The first-order valence-corrected chi connectivity index (χ1v) is 8.62. The molecule has 0 radical (unpaired) electrons. The maximum atomic E-state index is 12.6. The van der Waals surface area contributed by atoms with Crippen molar-refractivity contribution in [1.29, 1.82) is 0 Å². The number of imidazole rings is 1. The van der Waals surface area contributed by atoms with Gasteiger partial charge in [-0.1, -0.05) is 11.6 Å². The molecule has 0 spiro atoms. The molecule has 10 heteroatoms. The SMILES string of the molecule is Cc1cc(Cl)ccc1S(=O)(=O)N(C)Cc1nccn1CC(F)(F)F. The quantitative estimate of drug-likeness (QED) is 0.799. The van der Waals surface area contributed by atoms with Gasteiger partial charge in [-0.15, -0.1) is 0 Å². The number of aromatic nitrogens is 2. The summed E-state index contributed by atoms with van der Waals surface area (Å²) >= 11 is 5.82. The van der Waals surface area contributed by atoms with E-state index < -0.39 is 22.7 Å². The van der Waals surface area contributed by atoms with E-state index >= 15 is 0 Å². The lowest BCUT2D eigenvalue weighted by Gasteiger charge is -2.19. The molecule has 0 aliphatic carbocycles. The van der Waals surface area contributed by atoms with E-state index in [1.165, 1.54) is 31.4 Å². The van der Waals surface area contributed by atoms with Crippen LogP contribution in [-0.4, -0.2) is 35.5 Å². The van der Waals surface area contributed by atoms with Crippen LogP contribution in [0.4, 0.5) is 13.2 Å². The van der Waals surface area contributed by atoms with Crippen LogP contribution in [0.3, 0.4) is 0 Å². The second kappa shape index (κ2) is 6.73. The van der Waals surface area contributed by atoms with Crippen LogP contribution in [0.5, 0.6) is 0 Å². The Morgan fingerprint density at radius 1 is 1.33 bits per heavy atom. The van der Waals surface area contributed by atoms with Crippen LogP contribution < -0.4 is 0 Å². The zero-order valence-corrected chi connectivity index (χ0v) is 14.5. The van der Waals surface area contributed by atoms with Crippen molar-refractivity contribution in [1.82, 2.24) is 13.9 Å². The van der Waals surface area contributed by atoms with E-state index in [1.54, 1.807) is 6.92 Å². The number of alkyl halides is 3. The summed E-state index contributed by atoms with van der Waals surface area (Å²) in [5.41, 5.74) is 0.452. The normalized spacial score (nSPS) is 12.8. The van der Waals surface area contributed by atoms with Crippen LogP contribution in [-0.2, 0) is 23.1 Å². The lowest BCUT2D eigenvalue weighted by molar-refractivity contribution is -0.141. The Morgan fingerprint density at radius 3 is 2.58 bits per heavy atom. The van der Waals surface area contributed by atoms with Crippen LogP contribution in [0.2, 0.25) is 5.02 Å². The fraction of sp³-hybridized carbons (Fsp3) is 0.357. The first-order valence-electron chi connectivity index (χ1n) is 6.80. The van der Waals surface area contributed by atoms with E-state index in [0.717, 1.165) is 15.1 Å². The van der Waals surface area contributed by atoms with Gasteiger partial charge in [0, 0.05) is 24.5 Å². The van der Waals surface area contributed by atoms with E-state index in [4.69, 9.17) is 11.6 Å². The van der Waals surface area contributed by atoms with Crippen molar-refractivity contribution in [2.45, 2.75) is 31.1 Å². The van der Waals surface area contributed by atoms with Crippen molar-refractivity contribution >= 4 is 21.6 Å². The highest BCUT2D eigenvalue weighted by Crippen LogP contribution is 2.24. The van der Waals surface area contributed by atoms with Gasteiger partial charge in [-0.05, 0) is 30.7 Å². The number of hydrogen-bond acceptors (Lipinski definition) is 3. The van der Waals surface area contributed by atoms with Gasteiger partial charge in [0.1, 0.15) is 12.4 Å². The summed E-state index contributed by atoms with van der Waals surface area (Å²) in [5, 5.41) is 0.398. The van der Waals surface area contributed by atoms with Gasteiger partial charge in [0.05, 0.1) is 11.4 Å². The lowest BCUT2D eigenvalue weighted by atomic mass is 10.2. The first kappa shape index (κ1) is 18.8. The average Bonchev–Trinajstić information content (AvgIpc) is 2.83. The highest BCUT2D eigenvalue weighted by Gasteiger charge is 2.30. The summed E-state index contributed by atoms with van der Waals surface area (Å²) in [6.45, 7) is 0.0842. The summed E-state index contributed by atoms with van der Waals surface area (Å²) in [6, 6.07) is 4.32. The number of benzene rings is 1. The third-order valence-electron chi connectivity index (χ3n) is 3.34. The molecule has 0 saturated heterocycles. The van der Waals surface area contributed by atoms with E-state index in [9.17, 15) is 21.6 Å². The van der Waals surface area contributed by atoms with E-state index in [0.29, 0.717) is 10.6 Å². The van der Waals surface area contributed by atoms with Gasteiger partial charge in [0.25, 0.3) is 0 Å². The molecule has 0 amide bonds. The Kier molecular flexibility index (Phi) is 5.26. The van der Waals surface area contributed by atoms with Crippen molar-refractivity contribution < 1.29 is 21.6 Å². The summed E-state index contributed by atoms with van der Waals surface area (Å²) in [4.78, 5) is 3.86. The summed E-state index contributed by atoms with van der Waals surface area (Å²) < 4.78 is 64.7. The Morgan fingerprint density at radius 2 is 2.00 bits per heavy atom. The Balaban J connectivity index is 2.26. The summed E-state index contributed by atoms with van der Waals surface area (Å²) in [6.07, 6.45) is -2.05. The fourth-order valence-corrected chi connectivity index (χ4v) is 3.74. The van der Waals surface area contributed by atoms with Crippen molar-refractivity contribution in [3.8, 4) is 0 Å². The van der Waals surface area contributed by atoms with Crippen LogP contribution >= 0.6 is 11.6 Å². The molecule has 0 aliphatic heterocycles. The van der Waals surface area contributed by atoms with Crippen molar-refractivity contribution in [3.05, 3.63) is 47.0 Å². The van der Waals surface area contributed by atoms with Gasteiger partial charge in [-0.3, -0.25) is 0 Å². The first-order chi connectivity index (χ1) is 11.0. The van der Waals surface area contributed by atoms with Crippen LogP contribution in [0, 0.1) is 6.92 Å². The number of nitrogens with zero attached hydrogens (tertiary/aromatic N) is 3. The Labute approximate surface area is 142 Å². The molecule has 0 atom stereocenters. The molecule has 1 aromatic heterocycles. The zero-order valence-electron chi connectivity index (χ0n) is 12.9. The molecule has 0 bridgehead atoms. The van der Waals surface area contributed by atoms with Crippen molar-refractivity contribution in [3.63, 3.8) is 0 Å². The van der Waals surface area contributed by atoms with Crippen molar-refractivity contribution in [2.24, 2.45) is 0 Å². The van der Waals surface area contributed by atoms with Crippen LogP contribution in [0.1, 0.15) is 11.4 Å². The van der Waals surface area contributed by atoms with E-state index in [-0.39, 0.29) is 17.3 Å². The lowest BCUT2D eigenvalue weighted by Crippen LogP contribution is -2.29. The molecule has 0 aliphatic rings. The standard InChI is InChI=1S/C14H15ClF3N3O2S/c1-10-7-11(15)3-4-12(10)24(22,23)20(2)8-13-19-5-6-21(13)9-14(16,17)18/h3-7H,8-9H2,1-2H3. The van der Waals surface area contributed by atoms with Crippen LogP contribution in [0.15, 0.2) is 35.5 Å². The Hall–Kier alpha value is -1.58. The molecule has 24 heavy (non-hydrogen) atoms. The van der Waals surface area contributed by atoms with Crippen LogP contribution in [0.25, 0.3) is 0 Å². The maximum Gasteiger partial charge on any atom is 0.406 e. The summed E-state index contributed by atoms with van der Waals surface area (Å²) in [7, 11) is -2.60. The van der Waals surface area contributed by atoms with Gasteiger partial charge in [-0.25, -0.2) is 13.4 Å². The maximum absolute atomic E-state index is 12.6. The number of hydrogen-bond donors (Lipinski definition) is 0. The highest BCUT2D eigenvalue weighted by atomic mass is 35.5. The number of rotatable bonds is 5. The molecular formula is C14H15ClF3N3O2S. The largest absolute Gasteiger partial charge is 0.406 e. The number of sulfonamides is 1. The smallest absolute Gasteiger partial charge is 0.325 e. The second-order valence-electron chi connectivity index (χ2n) is 5.26. The van der Waals surface area contributed by atoms with E-state index in [1.807, 2.05) is 0 Å². The topological polar surface area (TPSA) is 55.2 Å². The molecule has 2 rings (SSSR count). The van der Waals surface area contributed by atoms with Gasteiger partial charge in [0.15, 0.2) is 0 Å². The molecule has 0 unspecified atom stereocenters. The minimum Gasteiger partial charge on any atom is -0.325 e. The molecule has 1 heterocycles. The molecule has 2 aromatic rings. The van der Waals surface area contributed by atoms with Gasteiger partial charge in [-0.2, -0.15) is 17.5 Å². The minimum absolute atomic E-state index is 0.00464. The predicted molar refractivity (Wildman–Crippen MR) is 83.1 cm³/mol. The fourth-order valence-electron chi connectivity index (χ4n) is 2.18. The molecule has 132 valence electrons. The van der Waals surface area contributed by atoms with E-state index in [2.05, 4.69) is 4.98 Å². The monoisotopic (exact) mass is 381 g/mol. The highest BCUT2D eigenvalue weighted by molar-refractivity contribution is 7.89.